The molecule has 88 valence electrons. The van der Waals surface area contributed by atoms with E-state index >= 15 is 0 Å². The van der Waals surface area contributed by atoms with Gasteiger partial charge in [0.1, 0.15) is 0 Å². The fraction of sp³-hybridized carbons (Fsp3) is 0.200. The smallest absolute Gasteiger partial charge is 0.336 e. The van der Waals surface area contributed by atoms with Crippen LogP contribution in [0.2, 0.25) is 0 Å². The van der Waals surface area contributed by atoms with Crippen LogP contribution in [0.4, 0.5) is 0 Å². The summed E-state index contributed by atoms with van der Waals surface area (Å²) in [6, 6.07) is 5.48. The number of hydrogen-bond acceptors (Lipinski definition) is 4. The molecule has 6 nitrogen and oxygen atoms in total. The van der Waals surface area contributed by atoms with Crippen molar-refractivity contribution in [3.8, 4) is 0 Å². The summed E-state index contributed by atoms with van der Waals surface area (Å²) in [5.74, 6) is -2.46. The van der Waals surface area contributed by atoms with Crippen molar-refractivity contribution in [2.75, 3.05) is 13.2 Å². The second-order valence-corrected chi connectivity index (χ2v) is 2.60. The number of carbonyl (C=O) groups is 2. The van der Waals surface area contributed by atoms with Gasteiger partial charge in [-0.05, 0) is 12.1 Å². The number of carboxylic acid groups (broad SMARTS) is 2. The first-order chi connectivity index (χ1) is 7.54. The summed E-state index contributed by atoms with van der Waals surface area (Å²) >= 11 is 0. The molecule has 0 heterocycles. The molecule has 0 bridgehead atoms. The number of carboxylic acids is 2. The molecule has 6 heteroatoms. The molecule has 0 amide bonds. The average Bonchev–Trinajstić information content (AvgIpc) is 2.29. The average molecular weight is 228 g/mol. The molecule has 0 fully saturated rings. The van der Waals surface area contributed by atoms with E-state index in [1.165, 1.54) is 24.3 Å². The Balaban J connectivity index is 0.000000487. The summed E-state index contributed by atoms with van der Waals surface area (Å²) in [5, 5.41) is 32.4. The molecular formula is C10H12O6. The highest BCUT2D eigenvalue weighted by Crippen LogP contribution is 2.07. The Labute approximate surface area is 91.4 Å². The van der Waals surface area contributed by atoms with E-state index in [1.54, 1.807) is 0 Å². The van der Waals surface area contributed by atoms with Crippen molar-refractivity contribution in [3.63, 3.8) is 0 Å². The molecule has 0 aromatic heterocycles. The Kier molecular flexibility index (Phi) is 6.50. The van der Waals surface area contributed by atoms with Crippen LogP contribution in [-0.4, -0.2) is 45.6 Å². The van der Waals surface area contributed by atoms with Gasteiger partial charge in [-0.15, -0.1) is 0 Å². The Bertz CT molecular complexity index is 325. The normalized spacial score (nSPS) is 8.88. The van der Waals surface area contributed by atoms with E-state index in [-0.39, 0.29) is 24.3 Å². The quantitative estimate of drug-likeness (QED) is 0.581. The summed E-state index contributed by atoms with van der Waals surface area (Å²) in [4.78, 5) is 20.9. The van der Waals surface area contributed by atoms with E-state index in [9.17, 15) is 9.59 Å². The first-order valence-corrected chi connectivity index (χ1v) is 4.32. The van der Waals surface area contributed by atoms with Gasteiger partial charge in [-0.3, -0.25) is 0 Å². The van der Waals surface area contributed by atoms with Crippen LogP contribution in [-0.2, 0) is 0 Å². The van der Waals surface area contributed by atoms with Gasteiger partial charge in [-0.2, -0.15) is 0 Å². The first-order valence-electron chi connectivity index (χ1n) is 4.32. The fourth-order valence-corrected chi connectivity index (χ4v) is 0.856. The highest BCUT2D eigenvalue weighted by Gasteiger charge is 2.13. The highest BCUT2D eigenvalue weighted by molar-refractivity contribution is 6.01. The van der Waals surface area contributed by atoms with Crippen molar-refractivity contribution in [1.82, 2.24) is 0 Å². The number of benzene rings is 1. The molecule has 4 N–H and O–H groups in total. The van der Waals surface area contributed by atoms with Gasteiger partial charge in [0.05, 0.1) is 24.3 Å². The van der Waals surface area contributed by atoms with Gasteiger partial charge < -0.3 is 20.4 Å². The molecule has 0 aliphatic heterocycles. The van der Waals surface area contributed by atoms with Gasteiger partial charge in [0.15, 0.2) is 0 Å². The number of aliphatic hydroxyl groups excluding tert-OH is 2. The molecule has 0 aliphatic rings. The standard InChI is InChI=1S/C8H6O4.C2H6O2/c9-7(10)5-3-1-2-4-6(5)8(11)12;3-1-2-4/h1-4H,(H,9,10)(H,11,12);3-4H,1-2H2. The Morgan fingerprint density at radius 1 is 0.875 bits per heavy atom. The number of hydrogen-bond donors (Lipinski definition) is 4. The third-order valence-corrected chi connectivity index (χ3v) is 1.49. The van der Waals surface area contributed by atoms with E-state index in [1.807, 2.05) is 0 Å². The third-order valence-electron chi connectivity index (χ3n) is 1.49. The van der Waals surface area contributed by atoms with Crippen molar-refractivity contribution < 1.29 is 30.0 Å². The third kappa shape index (κ3) is 4.54. The minimum absolute atomic E-state index is 0.125. The fourth-order valence-electron chi connectivity index (χ4n) is 0.856. The van der Waals surface area contributed by atoms with Crippen LogP contribution in [0.15, 0.2) is 24.3 Å². The minimum Gasteiger partial charge on any atom is -0.478 e. The predicted molar refractivity (Wildman–Crippen MR) is 54.5 cm³/mol. The maximum Gasteiger partial charge on any atom is 0.336 e. The zero-order chi connectivity index (χ0) is 12.6. The monoisotopic (exact) mass is 228 g/mol. The predicted octanol–water partition coefficient (Wildman–Crippen LogP) is 0.0540. The van der Waals surface area contributed by atoms with Crippen LogP contribution in [0.1, 0.15) is 20.7 Å². The molecule has 0 saturated heterocycles. The van der Waals surface area contributed by atoms with Gasteiger partial charge in [-0.25, -0.2) is 9.59 Å². The van der Waals surface area contributed by atoms with Gasteiger partial charge in [0.25, 0.3) is 0 Å². The Morgan fingerprint density at radius 2 is 1.19 bits per heavy atom. The molecule has 0 spiro atoms. The molecule has 0 aliphatic carbocycles. The van der Waals surface area contributed by atoms with E-state index in [0.717, 1.165) is 0 Å². The molecule has 0 atom stereocenters. The Morgan fingerprint density at radius 3 is 1.38 bits per heavy atom. The van der Waals surface area contributed by atoms with Crippen LogP contribution in [0.25, 0.3) is 0 Å². The lowest BCUT2D eigenvalue weighted by atomic mass is 10.1. The molecule has 0 saturated carbocycles. The zero-order valence-corrected chi connectivity index (χ0v) is 8.33. The van der Waals surface area contributed by atoms with Gasteiger partial charge in [0, 0.05) is 0 Å². The number of rotatable bonds is 3. The van der Waals surface area contributed by atoms with Crippen molar-refractivity contribution in [2.45, 2.75) is 0 Å². The molecule has 16 heavy (non-hydrogen) atoms. The van der Waals surface area contributed by atoms with Crippen LogP contribution in [0.5, 0.6) is 0 Å². The first kappa shape index (κ1) is 14.1. The van der Waals surface area contributed by atoms with Crippen molar-refractivity contribution in [1.29, 1.82) is 0 Å². The Hall–Kier alpha value is -1.92. The van der Waals surface area contributed by atoms with Crippen LogP contribution < -0.4 is 0 Å². The lowest BCUT2D eigenvalue weighted by molar-refractivity contribution is 0.0651. The van der Waals surface area contributed by atoms with Gasteiger partial charge >= 0.3 is 11.9 Å². The molecule has 1 rings (SSSR count). The summed E-state index contributed by atoms with van der Waals surface area (Å²) < 4.78 is 0. The second kappa shape index (κ2) is 7.38. The summed E-state index contributed by atoms with van der Waals surface area (Å²) in [7, 11) is 0. The van der Waals surface area contributed by atoms with Gasteiger partial charge in [-0.1, -0.05) is 12.1 Å². The van der Waals surface area contributed by atoms with Crippen LogP contribution >= 0.6 is 0 Å². The number of aliphatic hydroxyl groups is 2. The van der Waals surface area contributed by atoms with Crippen molar-refractivity contribution in [2.24, 2.45) is 0 Å². The van der Waals surface area contributed by atoms with Crippen molar-refractivity contribution in [3.05, 3.63) is 35.4 Å². The molecule has 0 radical (unpaired) electrons. The number of aromatic carboxylic acids is 2. The summed E-state index contributed by atoms with van der Waals surface area (Å²) in [5.41, 5.74) is -0.380. The summed E-state index contributed by atoms with van der Waals surface area (Å²) in [6.07, 6.45) is 0. The topological polar surface area (TPSA) is 115 Å². The van der Waals surface area contributed by atoms with Gasteiger partial charge in [0.2, 0.25) is 0 Å². The maximum atomic E-state index is 10.5. The molecule has 1 aromatic rings. The lowest BCUT2D eigenvalue weighted by Crippen LogP contribution is -2.06. The van der Waals surface area contributed by atoms with Crippen molar-refractivity contribution >= 4 is 11.9 Å². The zero-order valence-electron chi connectivity index (χ0n) is 8.33. The van der Waals surface area contributed by atoms with E-state index in [4.69, 9.17) is 20.4 Å². The van der Waals surface area contributed by atoms with Crippen LogP contribution in [0.3, 0.4) is 0 Å². The molecule has 0 unspecified atom stereocenters. The van der Waals surface area contributed by atoms with Crippen LogP contribution in [0, 0.1) is 0 Å². The highest BCUT2D eigenvalue weighted by atomic mass is 16.4. The SMILES string of the molecule is O=C(O)c1ccccc1C(=O)O.OCCO. The van der Waals surface area contributed by atoms with E-state index < -0.39 is 11.9 Å². The largest absolute Gasteiger partial charge is 0.478 e. The van der Waals surface area contributed by atoms with E-state index in [2.05, 4.69) is 0 Å². The molecular weight excluding hydrogens is 216 g/mol. The molecule has 1 aromatic carbocycles. The van der Waals surface area contributed by atoms with E-state index in [0.29, 0.717) is 0 Å². The lowest BCUT2D eigenvalue weighted by Gasteiger charge is -1.98. The minimum atomic E-state index is -1.23. The maximum absolute atomic E-state index is 10.5. The second-order valence-electron chi connectivity index (χ2n) is 2.60. The summed E-state index contributed by atoms with van der Waals surface area (Å²) in [6.45, 7) is -0.250.